The molecule has 2 aromatic heterocycles. The summed E-state index contributed by atoms with van der Waals surface area (Å²) in [5, 5.41) is 20.4. The van der Waals surface area contributed by atoms with Crippen molar-refractivity contribution >= 4 is 29.1 Å². The lowest BCUT2D eigenvalue weighted by molar-refractivity contribution is -0.119. The van der Waals surface area contributed by atoms with Gasteiger partial charge in [-0.2, -0.15) is 9.61 Å². The minimum Gasteiger partial charge on any atom is -0.386 e. The predicted molar refractivity (Wildman–Crippen MR) is 122 cm³/mol. The fraction of sp³-hybridized carbons (Fsp3) is 0.391. The average molecular weight is 437 g/mol. The lowest BCUT2D eigenvalue weighted by atomic mass is 9.97. The van der Waals surface area contributed by atoms with Gasteiger partial charge in [-0.15, -0.1) is 0 Å². The molecule has 0 bridgehead atoms. The van der Waals surface area contributed by atoms with Crippen LogP contribution in [0.25, 0.3) is 5.65 Å². The number of hydrogen-bond donors (Lipinski definition) is 3. The number of amides is 2. The van der Waals surface area contributed by atoms with Gasteiger partial charge in [-0.1, -0.05) is 12.1 Å². The van der Waals surface area contributed by atoms with Gasteiger partial charge in [0.15, 0.2) is 5.65 Å². The summed E-state index contributed by atoms with van der Waals surface area (Å²) in [7, 11) is 0. The number of benzene rings is 1. The zero-order valence-corrected chi connectivity index (χ0v) is 18.5. The first-order chi connectivity index (χ1) is 15.2. The third-order valence-corrected chi connectivity index (χ3v) is 5.59. The number of aliphatic hydroxyl groups is 1. The monoisotopic (exact) mass is 436 g/mol. The Bertz CT molecular complexity index is 1130. The Hall–Kier alpha value is -3.46. The molecule has 3 heterocycles. The standard InChI is InChI=1S/C23H28N6O3/c1-15(30)25-18-5-4-12-28(14-18)21-13-19(26-20-10-11-24-29(20)21)27-22(31)16-6-8-17(9-7-16)23(2,3)32/h6-11,13,18,32H,4-5,12,14H2,1-3H3,(H,25,30)(H,26,27,31)/t18-/m1/s1. The first kappa shape index (κ1) is 21.8. The molecule has 1 aliphatic rings. The van der Waals surface area contributed by atoms with Gasteiger partial charge >= 0.3 is 0 Å². The van der Waals surface area contributed by atoms with Gasteiger partial charge in [0.1, 0.15) is 11.6 Å². The van der Waals surface area contributed by atoms with Gasteiger partial charge in [0.2, 0.25) is 5.91 Å². The summed E-state index contributed by atoms with van der Waals surface area (Å²) < 4.78 is 1.74. The number of nitrogens with zero attached hydrogens (tertiary/aromatic N) is 4. The van der Waals surface area contributed by atoms with Gasteiger partial charge in [0.25, 0.3) is 5.91 Å². The maximum atomic E-state index is 12.8. The van der Waals surface area contributed by atoms with Crippen molar-refractivity contribution in [2.75, 3.05) is 23.3 Å². The summed E-state index contributed by atoms with van der Waals surface area (Å²) in [5.41, 5.74) is 0.853. The fourth-order valence-electron chi connectivity index (χ4n) is 3.99. The Balaban J connectivity index is 1.58. The van der Waals surface area contributed by atoms with Crippen LogP contribution >= 0.6 is 0 Å². The highest BCUT2D eigenvalue weighted by Crippen LogP contribution is 2.24. The van der Waals surface area contributed by atoms with Crippen LogP contribution in [0.15, 0.2) is 42.6 Å². The van der Waals surface area contributed by atoms with Gasteiger partial charge in [-0.05, 0) is 44.4 Å². The third-order valence-electron chi connectivity index (χ3n) is 5.59. The van der Waals surface area contributed by atoms with Gasteiger partial charge in [0.05, 0.1) is 11.8 Å². The second kappa shape index (κ2) is 8.58. The highest BCUT2D eigenvalue weighted by Gasteiger charge is 2.24. The number of fused-ring (bicyclic) bond motifs is 1. The molecule has 1 saturated heterocycles. The van der Waals surface area contributed by atoms with Crippen molar-refractivity contribution in [1.82, 2.24) is 19.9 Å². The van der Waals surface area contributed by atoms with E-state index in [2.05, 4.69) is 25.6 Å². The van der Waals surface area contributed by atoms with Crippen LogP contribution in [0.4, 0.5) is 11.6 Å². The third kappa shape index (κ3) is 4.72. The van der Waals surface area contributed by atoms with Crippen LogP contribution in [0.3, 0.4) is 0 Å². The molecule has 0 unspecified atom stereocenters. The summed E-state index contributed by atoms with van der Waals surface area (Å²) in [6, 6.07) is 10.5. The number of piperidine rings is 1. The van der Waals surface area contributed by atoms with Gasteiger partial charge in [0, 0.05) is 43.8 Å². The molecule has 4 rings (SSSR count). The molecule has 32 heavy (non-hydrogen) atoms. The smallest absolute Gasteiger partial charge is 0.256 e. The molecule has 3 N–H and O–H groups in total. The molecule has 1 atom stereocenters. The van der Waals surface area contributed by atoms with E-state index in [-0.39, 0.29) is 17.9 Å². The Morgan fingerprint density at radius 3 is 2.62 bits per heavy atom. The van der Waals surface area contributed by atoms with Crippen LogP contribution in [-0.4, -0.2) is 50.7 Å². The lowest BCUT2D eigenvalue weighted by Gasteiger charge is -2.34. The predicted octanol–water partition coefficient (Wildman–Crippen LogP) is 2.31. The van der Waals surface area contributed by atoms with Crippen molar-refractivity contribution in [2.45, 2.75) is 45.3 Å². The lowest BCUT2D eigenvalue weighted by Crippen LogP contribution is -2.47. The van der Waals surface area contributed by atoms with E-state index in [9.17, 15) is 14.7 Å². The highest BCUT2D eigenvalue weighted by molar-refractivity contribution is 6.04. The van der Waals surface area contributed by atoms with Crippen LogP contribution in [0.1, 0.15) is 49.5 Å². The number of aromatic nitrogens is 3. The first-order valence-corrected chi connectivity index (χ1v) is 10.7. The number of anilines is 2. The van der Waals surface area contributed by atoms with Crippen molar-refractivity contribution < 1.29 is 14.7 Å². The van der Waals surface area contributed by atoms with Crippen molar-refractivity contribution in [3.63, 3.8) is 0 Å². The van der Waals surface area contributed by atoms with E-state index in [1.54, 1.807) is 61.0 Å². The SMILES string of the molecule is CC(=O)N[C@@H]1CCCN(c2cc(NC(=O)c3ccc(C(C)(C)O)cc3)nc3ccnn23)C1. The summed E-state index contributed by atoms with van der Waals surface area (Å²) >= 11 is 0. The number of nitrogens with one attached hydrogen (secondary N) is 2. The Morgan fingerprint density at radius 1 is 1.19 bits per heavy atom. The summed E-state index contributed by atoms with van der Waals surface area (Å²) in [6.45, 7) is 6.40. The fourth-order valence-corrected chi connectivity index (χ4v) is 3.99. The number of carbonyl (C=O) groups is 2. The van der Waals surface area contributed by atoms with Gasteiger partial charge in [-0.3, -0.25) is 9.59 Å². The van der Waals surface area contributed by atoms with E-state index in [0.717, 1.165) is 30.8 Å². The minimum absolute atomic E-state index is 0.0422. The quantitative estimate of drug-likeness (QED) is 0.566. The van der Waals surface area contributed by atoms with E-state index >= 15 is 0 Å². The molecule has 0 radical (unpaired) electrons. The number of hydrogen-bond acceptors (Lipinski definition) is 6. The van der Waals surface area contributed by atoms with Crippen molar-refractivity contribution in [3.8, 4) is 0 Å². The maximum absolute atomic E-state index is 12.8. The summed E-state index contributed by atoms with van der Waals surface area (Å²) in [5.74, 6) is 0.901. The normalized spacial score (nSPS) is 16.8. The zero-order chi connectivity index (χ0) is 22.9. The maximum Gasteiger partial charge on any atom is 0.256 e. The highest BCUT2D eigenvalue weighted by atomic mass is 16.3. The summed E-state index contributed by atoms with van der Waals surface area (Å²) in [4.78, 5) is 31.0. The molecular formula is C23H28N6O3. The molecule has 0 spiro atoms. The molecule has 0 aliphatic carbocycles. The van der Waals surface area contributed by atoms with Crippen molar-refractivity contribution in [1.29, 1.82) is 0 Å². The van der Waals surface area contributed by atoms with E-state index < -0.39 is 5.60 Å². The van der Waals surface area contributed by atoms with E-state index in [4.69, 9.17) is 0 Å². The summed E-state index contributed by atoms with van der Waals surface area (Å²) in [6.07, 6.45) is 3.53. The topological polar surface area (TPSA) is 112 Å². The Morgan fingerprint density at radius 2 is 1.94 bits per heavy atom. The molecule has 2 amide bonds. The molecule has 1 fully saturated rings. The van der Waals surface area contributed by atoms with Gasteiger partial charge < -0.3 is 20.6 Å². The number of carbonyl (C=O) groups excluding carboxylic acids is 2. The molecule has 0 saturated carbocycles. The van der Waals surface area contributed by atoms with E-state index in [0.29, 0.717) is 23.6 Å². The second-order valence-electron chi connectivity index (χ2n) is 8.68. The van der Waals surface area contributed by atoms with Crippen LogP contribution < -0.4 is 15.5 Å². The molecular weight excluding hydrogens is 408 g/mol. The molecule has 9 nitrogen and oxygen atoms in total. The van der Waals surface area contributed by atoms with Crippen molar-refractivity contribution in [3.05, 3.63) is 53.7 Å². The molecule has 1 aliphatic heterocycles. The van der Waals surface area contributed by atoms with Gasteiger partial charge in [-0.25, -0.2) is 4.98 Å². The van der Waals surface area contributed by atoms with E-state index in [1.165, 1.54) is 6.92 Å². The molecule has 9 heteroatoms. The Labute approximate surface area is 186 Å². The number of rotatable bonds is 5. The van der Waals surface area contributed by atoms with Crippen LogP contribution in [0.2, 0.25) is 0 Å². The molecule has 1 aromatic carbocycles. The first-order valence-electron chi connectivity index (χ1n) is 10.7. The van der Waals surface area contributed by atoms with Crippen molar-refractivity contribution in [2.24, 2.45) is 0 Å². The van der Waals surface area contributed by atoms with E-state index in [1.807, 2.05) is 0 Å². The van der Waals surface area contributed by atoms with Crippen LogP contribution in [0.5, 0.6) is 0 Å². The Kier molecular flexibility index (Phi) is 5.84. The largest absolute Gasteiger partial charge is 0.386 e. The van der Waals surface area contributed by atoms with Crippen LogP contribution in [-0.2, 0) is 10.4 Å². The minimum atomic E-state index is -0.970. The van der Waals surface area contributed by atoms with Crippen LogP contribution in [0, 0.1) is 0 Å². The average Bonchev–Trinajstić information content (AvgIpc) is 3.21. The molecule has 168 valence electrons. The zero-order valence-electron chi connectivity index (χ0n) is 18.5. The second-order valence-corrected chi connectivity index (χ2v) is 8.68. The molecule has 3 aromatic rings.